The van der Waals surface area contributed by atoms with Crippen molar-refractivity contribution in [2.45, 2.75) is 33.0 Å². The first-order valence-electron chi connectivity index (χ1n) is 7.05. The summed E-state index contributed by atoms with van der Waals surface area (Å²) < 4.78 is 1.97. The summed E-state index contributed by atoms with van der Waals surface area (Å²) in [5.41, 5.74) is 7.01. The van der Waals surface area contributed by atoms with Crippen LogP contribution in [0.3, 0.4) is 0 Å². The van der Waals surface area contributed by atoms with Crippen LogP contribution in [-0.2, 0) is 13.1 Å². The second-order valence-electron chi connectivity index (χ2n) is 5.20. The summed E-state index contributed by atoms with van der Waals surface area (Å²) in [6, 6.07) is 10.8. The average Bonchev–Trinajstić information content (AvgIpc) is 2.88. The predicted molar refractivity (Wildman–Crippen MR) is 80.0 cm³/mol. The van der Waals surface area contributed by atoms with Crippen molar-refractivity contribution >= 4 is 0 Å². The zero-order valence-corrected chi connectivity index (χ0v) is 12.2. The molecule has 5 heteroatoms. The first-order valence-corrected chi connectivity index (χ1v) is 7.05. The molecule has 108 valence electrons. The Morgan fingerprint density at radius 1 is 1.20 bits per heavy atom. The summed E-state index contributed by atoms with van der Waals surface area (Å²) in [5, 5.41) is 4.28. The highest BCUT2D eigenvalue weighted by Crippen LogP contribution is 2.11. The van der Waals surface area contributed by atoms with Crippen molar-refractivity contribution in [2.75, 3.05) is 13.1 Å². The van der Waals surface area contributed by atoms with Crippen molar-refractivity contribution in [3.8, 4) is 0 Å². The molecule has 0 aliphatic rings. The van der Waals surface area contributed by atoms with Gasteiger partial charge in [0.25, 0.3) is 0 Å². The molecular weight excluding hydrogens is 250 g/mol. The van der Waals surface area contributed by atoms with Gasteiger partial charge >= 0.3 is 0 Å². The monoisotopic (exact) mass is 273 g/mol. The van der Waals surface area contributed by atoms with Crippen LogP contribution in [0.25, 0.3) is 0 Å². The number of aromatic nitrogens is 3. The second kappa shape index (κ2) is 7.17. The lowest BCUT2D eigenvalue weighted by molar-refractivity contribution is 0.250. The Morgan fingerprint density at radius 3 is 2.60 bits per heavy atom. The van der Waals surface area contributed by atoms with Gasteiger partial charge in [0.2, 0.25) is 0 Å². The quantitative estimate of drug-likeness (QED) is 0.836. The van der Waals surface area contributed by atoms with E-state index in [-0.39, 0.29) is 0 Å². The van der Waals surface area contributed by atoms with Crippen molar-refractivity contribution in [2.24, 2.45) is 5.73 Å². The molecule has 0 aliphatic heterocycles. The van der Waals surface area contributed by atoms with E-state index in [1.807, 2.05) is 10.7 Å². The van der Waals surface area contributed by atoms with Crippen LogP contribution >= 0.6 is 0 Å². The smallest absolute Gasteiger partial charge is 0.141 e. The molecule has 0 atom stereocenters. The molecule has 20 heavy (non-hydrogen) atoms. The van der Waals surface area contributed by atoms with Crippen LogP contribution in [0.4, 0.5) is 0 Å². The molecule has 0 aliphatic carbocycles. The molecule has 2 rings (SSSR count). The van der Waals surface area contributed by atoms with E-state index in [4.69, 9.17) is 5.73 Å². The Bertz CT molecular complexity index is 506. The molecule has 1 aromatic carbocycles. The fourth-order valence-corrected chi connectivity index (χ4v) is 2.26. The zero-order chi connectivity index (χ0) is 14.4. The molecule has 0 unspecified atom stereocenters. The lowest BCUT2D eigenvalue weighted by Crippen LogP contribution is -2.30. The van der Waals surface area contributed by atoms with Crippen molar-refractivity contribution in [3.05, 3.63) is 48.0 Å². The van der Waals surface area contributed by atoms with Gasteiger partial charge in [-0.3, -0.25) is 4.90 Å². The van der Waals surface area contributed by atoms with Gasteiger partial charge < -0.3 is 5.73 Å². The van der Waals surface area contributed by atoms with Gasteiger partial charge in [0.05, 0.1) is 6.54 Å². The molecule has 0 spiro atoms. The minimum atomic E-state index is 0.323. The van der Waals surface area contributed by atoms with Crippen molar-refractivity contribution in [1.29, 1.82) is 0 Å². The maximum Gasteiger partial charge on any atom is 0.141 e. The third kappa shape index (κ3) is 3.88. The molecule has 0 amide bonds. The Morgan fingerprint density at radius 2 is 1.95 bits per heavy atom. The number of hydrogen-bond acceptors (Lipinski definition) is 4. The molecule has 5 nitrogen and oxygen atoms in total. The minimum absolute atomic E-state index is 0.323. The van der Waals surface area contributed by atoms with Crippen molar-refractivity contribution < 1.29 is 0 Å². The molecule has 0 fully saturated rings. The van der Waals surface area contributed by atoms with Gasteiger partial charge in [0.1, 0.15) is 12.2 Å². The first-order chi connectivity index (χ1) is 9.70. The molecule has 0 saturated carbocycles. The number of hydrogen-bond donors (Lipinski definition) is 1. The van der Waals surface area contributed by atoms with E-state index in [0.717, 1.165) is 25.5 Å². The molecule has 2 aromatic rings. The Kier molecular flexibility index (Phi) is 5.26. The molecule has 0 radical (unpaired) electrons. The van der Waals surface area contributed by atoms with Crippen LogP contribution < -0.4 is 5.73 Å². The van der Waals surface area contributed by atoms with E-state index in [1.165, 1.54) is 5.56 Å². The summed E-state index contributed by atoms with van der Waals surface area (Å²) in [4.78, 5) is 6.67. The van der Waals surface area contributed by atoms with E-state index in [0.29, 0.717) is 12.6 Å². The van der Waals surface area contributed by atoms with E-state index < -0.39 is 0 Å². The fraction of sp³-hybridized carbons (Fsp3) is 0.467. The van der Waals surface area contributed by atoms with Gasteiger partial charge in [-0.2, -0.15) is 5.10 Å². The molecule has 0 bridgehead atoms. The number of rotatable bonds is 7. The average molecular weight is 273 g/mol. The minimum Gasteiger partial charge on any atom is -0.329 e. The van der Waals surface area contributed by atoms with Crippen LogP contribution in [0.1, 0.15) is 31.3 Å². The summed E-state index contributed by atoms with van der Waals surface area (Å²) in [5.74, 6) is 0.990. The molecule has 1 heterocycles. The zero-order valence-electron chi connectivity index (χ0n) is 12.2. The van der Waals surface area contributed by atoms with Gasteiger partial charge in [-0.25, -0.2) is 9.67 Å². The van der Waals surface area contributed by atoms with Crippen LogP contribution in [0.5, 0.6) is 0 Å². The molecular formula is C15H23N5. The maximum atomic E-state index is 5.73. The van der Waals surface area contributed by atoms with E-state index in [1.54, 1.807) is 6.33 Å². The third-order valence-electron chi connectivity index (χ3n) is 3.20. The molecule has 1 aromatic heterocycles. The van der Waals surface area contributed by atoms with Crippen LogP contribution in [0, 0.1) is 0 Å². The summed E-state index contributed by atoms with van der Waals surface area (Å²) in [6.07, 6.45) is 1.62. The van der Waals surface area contributed by atoms with Crippen LogP contribution in [-0.4, -0.2) is 32.8 Å². The normalized spacial score (nSPS) is 11.4. The summed E-state index contributed by atoms with van der Waals surface area (Å²) in [6.45, 7) is 7.36. The predicted octanol–water partition coefficient (Wildman–Crippen LogP) is 1.82. The highest BCUT2D eigenvalue weighted by atomic mass is 15.4. The lowest BCUT2D eigenvalue weighted by atomic mass is 10.2. The Hall–Kier alpha value is -1.72. The van der Waals surface area contributed by atoms with E-state index in [9.17, 15) is 0 Å². The van der Waals surface area contributed by atoms with Gasteiger partial charge in [0, 0.05) is 25.7 Å². The topological polar surface area (TPSA) is 60.0 Å². The van der Waals surface area contributed by atoms with Gasteiger partial charge in [-0.05, 0) is 19.4 Å². The number of benzene rings is 1. The number of nitrogens with zero attached hydrogens (tertiary/aromatic N) is 4. The summed E-state index contributed by atoms with van der Waals surface area (Å²) in [7, 11) is 0. The standard InChI is InChI=1S/C15H23N5/c1-13(2)20-15(17-12-18-20)11-19(9-8-16)10-14-6-4-3-5-7-14/h3-7,12-13H,8-11,16H2,1-2H3. The highest BCUT2D eigenvalue weighted by Gasteiger charge is 2.12. The van der Waals surface area contributed by atoms with Gasteiger partial charge in [-0.15, -0.1) is 0 Å². The SMILES string of the molecule is CC(C)n1ncnc1CN(CCN)Cc1ccccc1. The highest BCUT2D eigenvalue weighted by molar-refractivity contribution is 5.14. The first kappa shape index (κ1) is 14.7. The molecule has 2 N–H and O–H groups in total. The van der Waals surface area contributed by atoms with E-state index >= 15 is 0 Å². The van der Waals surface area contributed by atoms with E-state index in [2.05, 4.69) is 53.1 Å². The van der Waals surface area contributed by atoms with Gasteiger partial charge in [-0.1, -0.05) is 30.3 Å². The third-order valence-corrected chi connectivity index (χ3v) is 3.20. The largest absolute Gasteiger partial charge is 0.329 e. The lowest BCUT2D eigenvalue weighted by Gasteiger charge is -2.22. The summed E-state index contributed by atoms with van der Waals surface area (Å²) >= 11 is 0. The Balaban J connectivity index is 2.07. The Labute approximate surface area is 120 Å². The van der Waals surface area contributed by atoms with Crippen LogP contribution in [0.2, 0.25) is 0 Å². The maximum absolute atomic E-state index is 5.73. The second-order valence-corrected chi connectivity index (χ2v) is 5.20. The fourth-order valence-electron chi connectivity index (χ4n) is 2.26. The molecule has 0 saturated heterocycles. The van der Waals surface area contributed by atoms with Gasteiger partial charge in [0.15, 0.2) is 0 Å². The van der Waals surface area contributed by atoms with Crippen molar-refractivity contribution in [1.82, 2.24) is 19.7 Å². The van der Waals surface area contributed by atoms with Crippen molar-refractivity contribution in [3.63, 3.8) is 0 Å². The number of nitrogens with two attached hydrogens (primary N) is 1. The van der Waals surface area contributed by atoms with Crippen LogP contribution in [0.15, 0.2) is 36.7 Å².